The minimum absolute atomic E-state index is 0.0510. The standard InChI is InChI=1S/C23H33N7O3/c1-15-11-21(29-28-15)26-20-12-18(24-16(2)25-20)19-14-30(9-10-33-19)22(32)13-23(27-17(3)31)7-5-4-6-8-23/h11-12,19H,4-10,13-14H2,1-3H3,(H,27,31)(H2,24,25,26,28,29)/t19-/m1/s1. The van der Waals surface area contributed by atoms with Crippen LogP contribution in [0.1, 0.15) is 68.8 Å². The second kappa shape index (κ2) is 9.86. The quantitative estimate of drug-likeness (QED) is 0.611. The summed E-state index contributed by atoms with van der Waals surface area (Å²) in [6.45, 7) is 6.68. The van der Waals surface area contributed by atoms with Crippen molar-refractivity contribution in [1.29, 1.82) is 0 Å². The molecule has 33 heavy (non-hydrogen) atoms. The number of aromatic nitrogens is 4. The third-order valence-corrected chi connectivity index (χ3v) is 6.31. The van der Waals surface area contributed by atoms with Gasteiger partial charge in [0.25, 0.3) is 0 Å². The number of morpholine rings is 1. The van der Waals surface area contributed by atoms with E-state index >= 15 is 0 Å². The smallest absolute Gasteiger partial charge is 0.225 e. The van der Waals surface area contributed by atoms with Gasteiger partial charge in [-0.25, -0.2) is 9.97 Å². The van der Waals surface area contributed by atoms with Crippen LogP contribution < -0.4 is 10.6 Å². The van der Waals surface area contributed by atoms with Gasteiger partial charge in [-0.05, 0) is 26.7 Å². The summed E-state index contributed by atoms with van der Waals surface area (Å²) < 4.78 is 5.98. The van der Waals surface area contributed by atoms with E-state index in [0.29, 0.717) is 43.6 Å². The molecule has 10 nitrogen and oxygen atoms in total. The monoisotopic (exact) mass is 455 g/mol. The number of aromatic amines is 1. The first-order valence-electron chi connectivity index (χ1n) is 11.6. The maximum atomic E-state index is 13.3. The molecule has 3 heterocycles. The first-order chi connectivity index (χ1) is 15.8. The second-order valence-electron chi connectivity index (χ2n) is 9.18. The first kappa shape index (κ1) is 23.2. The Bertz CT molecular complexity index is 1000. The summed E-state index contributed by atoms with van der Waals surface area (Å²) in [4.78, 5) is 36.0. The molecule has 1 saturated heterocycles. The molecule has 0 bridgehead atoms. The molecule has 10 heteroatoms. The minimum Gasteiger partial charge on any atom is -0.368 e. The van der Waals surface area contributed by atoms with E-state index in [4.69, 9.17) is 4.74 Å². The molecule has 1 saturated carbocycles. The number of hydrogen-bond donors (Lipinski definition) is 3. The Morgan fingerprint density at radius 3 is 2.67 bits per heavy atom. The highest BCUT2D eigenvalue weighted by molar-refractivity contribution is 5.80. The van der Waals surface area contributed by atoms with Crippen LogP contribution in [0, 0.1) is 13.8 Å². The SMILES string of the molecule is CC(=O)NC1(CC(=O)N2CCO[C@@H](c3cc(Nc4cc(C)[nH]n4)nc(C)n3)C2)CCCCC1. The van der Waals surface area contributed by atoms with E-state index in [1.807, 2.05) is 30.9 Å². The van der Waals surface area contributed by atoms with Crippen LogP contribution in [0.4, 0.5) is 11.6 Å². The summed E-state index contributed by atoms with van der Waals surface area (Å²) in [5, 5.41) is 13.4. The van der Waals surface area contributed by atoms with Gasteiger partial charge in [0, 0.05) is 43.3 Å². The number of amides is 2. The molecule has 2 aromatic rings. The number of hydrogen-bond acceptors (Lipinski definition) is 7. The molecule has 4 rings (SSSR count). The van der Waals surface area contributed by atoms with Gasteiger partial charge in [-0.3, -0.25) is 14.7 Å². The molecular weight excluding hydrogens is 422 g/mol. The minimum atomic E-state index is -0.431. The molecule has 1 aliphatic carbocycles. The van der Waals surface area contributed by atoms with Gasteiger partial charge < -0.3 is 20.3 Å². The fourth-order valence-corrected chi connectivity index (χ4v) is 4.84. The number of H-pyrrole nitrogens is 1. The first-order valence-corrected chi connectivity index (χ1v) is 11.6. The van der Waals surface area contributed by atoms with Crippen molar-refractivity contribution >= 4 is 23.5 Å². The van der Waals surface area contributed by atoms with Gasteiger partial charge in [-0.15, -0.1) is 0 Å². The van der Waals surface area contributed by atoms with Crippen molar-refractivity contribution in [1.82, 2.24) is 30.4 Å². The number of aryl methyl sites for hydroxylation is 2. The van der Waals surface area contributed by atoms with E-state index in [1.54, 1.807) is 0 Å². The Kier molecular flexibility index (Phi) is 6.92. The molecule has 3 N–H and O–H groups in total. The maximum Gasteiger partial charge on any atom is 0.225 e. The maximum absolute atomic E-state index is 13.3. The van der Waals surface area contributed by atoms with Gasteiger partial charge in [-0.1, -0.05) is 19.3 Å². The van der Waals surface area contributed by atoms with Crippen molar-refractivity contribution in [3.63, 3.8) is 0 Å². The third kappa shape index (κ3) is 5.87. The van der Waals surface area contributed by atoms with Gasteiger partial charge in [0.15, 0.2) is 5.82 Å². The average Bonchev–Trinajstić information content (AvgIpc) is 3.18. The third-order valence-electron chi connectivity index (χ3n) is 6.31. The van der Waals surface area contributed by atoms with Crippen LogP contribution in [0.25, 0.3) is 0 Å². The lowest BCUT2D eigenvalue weighted by molar-refractivity contribution is -0.141. The van der Waals surface area contributed by atoms with Gasteiger partial charge in [0.05, 0.1) is 18.8 Å². The van der Waals surface area contributed by atoms with E-state index in [9.17, 15) is 9.59 Å². The fraction of sp³-hybridized carbons (Fsp3) is 0.609. The van der Waals surface area contributed by atoms with Crippen LogP contribution in [-0.2, 0) is 14.3 Å². The van der Waals surface area contributed by atoms with Crippen molar-refractivity contribution in [3.8, 4) is 0 Å². The molecule has 0 unspecified atom stereocenters. The molecule has 2 aliphatic rings. The molecule has 2 aromatic heterocycles. The second-order valence-corrected chi connectivity index (χ2v) is 9.18. The van der Waals surface area contributed by atoms with E-state index in [1.165, 1.54) is 6.92 Å². The lowest BCUT2D eigenvalue weighted by atomic mass is 9.78. The van der Waals surface area contributed by atoms with Crippen molar-refractivity contribution in [2.24, 2.45) is 0 Å². The average molecular weight is 456 g/mol. The number of nitrogens with zero attached hydrogens (tertiary/aromatic N) is 4. The Morgan fingerprint density at radius 1 is 1.18 bits per heavy atom. The highest BCUT2D eigenvalue weighted by Crippen LogP contribution is 2.32. The van der Waals surface area contributed by atoms with Gasteiger partial charge in [0.1, 0.15) is 17.7 Å². The van der Waals surface area contributed by atoms with E-state index in [2.05, 4.69) is 30.8 Å². The highest BCUT2D eigenvalue weighted by Gasteiger charge is 2.37. The van der Waals surface area contributed by atoms with Crippen LogP contribution in [0.5, 0.6) is 0 Å². The number of anilines is 2. The largest absolute Gasteiger partial charge is 0.368 e. The van der Waals surface area contributed by atoms with Crippen molar-refractivity contribution in [2.45, 2.75) is 70.9 Å². The van der Waals surface area contributed by atoms with Crippen LogP contribution in [-0.4, -0.2) is 62.1 Å². The molecule has 0 radical (unpaired) electrons. The highest BCUT2D eigenvalue weighted by atomic mass is 16.5. The predicted octanol–water partition coefficient (Wildman–Crippen LogP) is 2.69. The summed E-state index contributed by atoms with van der Waals surface area (Å²) >= 11 is 0. The van der Waals surface area contributed by atoms with E-state index in [-0.39, 0.29) is 17.9 Å². The number of rotatable bonds is 6. The Morgan fingerprint density at radius 2 is 1.97 bits per heavy atom. The lowest BCUT2D eigenvalue weighted by Crippen LogP contribution is -2.53. The number of nitrogens with one attached hydrogen (secondary N) is 3. The van der Waals surface area contributed by atoms with Crippen molar-refractivity contribution in [2.75, 3.05) is 25.0 Å². The topological polar surface area (TPSA) is 125 Å². The Hall–Kier alpha value is -3.01. The normalized spacial score (nSPS) is 20.3. The summed E-state index contributed by atoms with van der Waals surface area (Å²) in [6.07, 6.45) is 4.89. The molecule has 1 aliphatic heterocycles. The number of carbonyl (C=O) groups excluding carboxylic acids is 2. The zero-order valence-corrected chi connectivity index (χ0v) is 19.6. The van der Waals surface area contributed by atoms with E-state index in [0.717, 1.165) is 43.5 Å². The van der Waals surface area contributed by atoms with Crippen LogP contribution in [0.3, 0.4) is 0 Å². The van der Waals surface area contributed by atoms with Crippen LogP contribution in [0.2, 0.25) is 0 Å². The number of carbonyl (C=O) groups is 2. The van der Waals surface area contributed by atoms with Crippen molar-refractivity contribution in [3.05, 3.63) is 29.3 Å². The fourth-order valence-electron chi connectivity index (χ4n) is 4.84. The Balaban J connectivity index is 1.45. The Labute approximate surface area is 193 Å². The molecule has 2 fully saturated rings. The van der Waals surface area contributed by atoms with Gasteiger partial charge >= 0.3 is 0 Å². The summed E-state index contributed by atoms with van der Waals surface area (Å²) in [5.74, 6) is 1.89. The van der Waals surface area contributed by atoms with Crippen molar-refractivity contribution < 1.29 is 14.3 Å². The van der Waals surface area contributed by atoms with Crippen LogP contribution in [0.15, 0.2) is 12.1 Å². The molecule has 178 valence electrons. The molecule has 1 atom stereocenters. The molecule has 0 spiro atoms. The molecule has 2 amide bonds. The van der Waals surface area contributed by atoms with E-state index < -0.39 is 5.54 Å². The zero-order chi connectivity index (χ0) is 23.4. The molecular formula is C23H33N7O3. The summed E-state index contributed by atoms with van der Waals surface area (Å²) in [7, 11) is 0. The van der Waals surface area contributed by atoms with Crippen LogP contribution >= 0.6 is 0 Å². The summed E-state index contributed by atoms with van der Waals surface area (Å²) in [6, 6.07) is 3.74. The predicted molar refractivity (Wildman–Crippen MR) is 123 cm³/mol. The van der Waals surface area contributed by atoms with Gasteiger partial charge in [0.2, 0.25) is 11.8 Å². The van der Waals surface area contributed by atoms with Gasteiger partial charge in [-0.2, -0.15) is 5.10 Å². The number of ether oxygens (including phenoxy) is 1. The zero-order valence-electron chi connectivity index (χ0n) is 19.6. The summed E-state index contributed by atoms with van der Waals surface area (Å²) in [5.41, 5.74) is 1.24. The lowest BCUT2D eigenvalue weighted by Gasteiger charge is -2.40. The molecule has 0 aromatic carbocycles.